The van der Waals surface area contributed by atoms with Crippen molar-refractivity contribution in [2.75, 3.05) is 51.8 Å². The molecule has 0 bridgehead atoms. The predicted octanol–water partition coefficient (Wildman–Crippen LogP) is 1.86. The second-order valence-corrected chi connectivity index (χ2v) is 11.7. The van der Waals surface area contributed by atoms with Crippen molar-refractivity contribution in [2.24, 2.45) is 5.73 Å². The highest BCUT2D eigenvalue weighted by Crippen LogP contribution is 2.31. The van der Waals surface area contributed by atoms with Crippen LogP contribution in [-0.4, -0.2) is 122 Å². The standard InChI is InChI=1S/C30H31F2N7O3.C3H7NO3.CH2O2/c1-18-16-19(5-6-20(18)29(40)37-12-14-38(15-13-37)30(41)22-4-3-9-33-22)36-27-28-35-17-23(39(28)11-10-34-27)21-7-8-24(42-2)26(32)25(21)31;4-2(1-5)3(6)7;2-1-3/h5-8,10-11,16-17,22,33H,3-4,9,12-15H2,1-2H3,(H,34,36);2,5H,1,4H2,(H,6,7);1H,(H,2,3)/t22-;2-;/m00./s1. The lowest BCUT2D eigenvalue weighted by molar-refractivity contribution is -0.139. The number of nitrogens with zero attached hydrogens (tertiary/aromatic N) is 5. The van der Waals surface area contributed by atoms with Crippen LogP contribution in [-0.2, 0) is 14.4 Å². The summed E-state index contributed by atoms with van der Waals surface area (Å²) >= 11 is 0. The largest absolute Gasteiger partial charge is 0.494 e. The molecule has 278 valence electrons. The number of aliphatic hydroxyl groups is 1. The van der Waals surface area contributed by atoms with E-state index in [2.05, 4.69) is 20.6 Å². The average Bonchev–Trinajstić information content (AvgIpc) is 3.84. The third-order valence-electron chi connectivity index (χ3n) is 8.44. The number of rotatable bonds is 8. The smallest absolute Gasteiger partial charge is 0.322 e. The molecule has 2 amide bonds. The Labute approximate surface area is 296 Å². The highest BCUT2D eigenvalue weighted by molar-refractivity contribution is 5.96. The number of ether oxygens (including phenoxy) is 1. The number of methoxy groups -OCH3 is 1. The molecule has 2 saturated heterocycles. The normalized spacial score (nSPS) is 15.8. The SMILES string of the molecule is COc1ccc(-c2cnc3c(Nc4ccc(C(=O)N5CCN(C(=O)[C@@H]6CCCN6)CC5)c(C)c4)nccn23)c(F)c1F.N[C@@H](CO)C(=O)O.O=CO. The number of halogens is 2. The van der Waals surface area contributed by atoms with Crippen LogP contribution in [0.15, 0.2) is 48.9 Å². The molecule has 18 heteroatoms. The van der Waals surface area contributed by atoms with Gasteiger partial charge in [0.1, 0.15) is 6.04 Å². The average molecular weight is 727 g/mol. The number of aliphatic carboxylic acids is 1. The summed E-state index contributed by atoms with van der Waals surface area (Å²) in [6, 6.07) is 7.00. The molecular formula is C34H40F2N8O8. The molecule has 2 fully saturated rings. The van der Waals surface area contributed by atoms with Crippen molar-refractivity contribution < 1.29 is 48.0 Å². The number of hydrogen-bond acceptors (Lipinski definition) is 11. The minimum absolute atomic E-state index is 0.0389. The van der Waals surface area contributed by atoms with Gasteiger partial charge >= 0.3 is 5.97 Å². The van der Waals surface area contributed by atoms with E-state index in [1.165, 1.54) is 31.6 Å². The Balaban J connectivity index is 0.000000536. The summed E-state index contributed by atoms with van der Waals surface area (Å²) < 4.78 is 35.7. The van der Waals surface area contributed by atoms with Crippen LogP contribution in [0.2, 0.25) is 0 Å². The summed E-state index contributed by atoms with van der Waals surface area (Å²) in [5.41, 5.74) is 7.64. The van der Waals surface area contributed by atoms with Crippen molar-refractivity contribution in [2.45, 2.75) is 31.8 Å². The van der Waals surface area contributed by atoms with Crippen LogP contribution in [0.4, 0.5) is 20.3 Å². The van der Waals surface area contributed by atoms with E-state index in [1.54, 1.807) is 27.6 Å². The van der Waals surface area contributed by atoms with Crippen LogP contribution in [0.3, 0.4) is 0 Å². The molecule has 6 rings (SSSR count). The zero-order valence-electron chi connectivity index (χ0n) is 28.5. The fourth-order valence-corrected chi connectivity index (χ4v) is 5.71. The molecule has 2 aromatic heterocycles. The summed E-state index contributed by atoms with van der Waals surface area (Å²) in [7, 11) is 1.28. The number of fused-ring (bicyclic) bond motifs is 1. The first-order valence-electron chi connectivity index (χ1n) is 16.2. The van der Waals surface area contributed by atoms with Gasteiger partial charge in [0, 0.05) is 55.4 Å². The maximum atomic E-state index is 14.8. The van der Waals surface area contributed by atoms with E-state index in [0.717, 1.165) is 24.9 Å². The van der Waals surface area contributed by atoms with Gasteiger partial charge in [-0.15, -0.1) is 0 Å². The van der Waals surface area contributed by atoms with Crippen LogP contribution in [0, 0.1) is 18.6 Å². The van der Waals surface area contributed by atoms with E-state index >= 15 is 0 Å². The summed E-state index contributed by atoms with van der Waals surface area (Å²) in [5, 5.41) is 29.3. The van der Waals surface area contributed by atoms with Crippen LogP contribution in [0.1, 0.15) is 28.8 Å². The Bertz CT molecular complexity index is 1890. The molecule has 4 aromatic rings. The summed E-state index contributed by atoms with van der Waals surface area (Å²) in [4.78, 5) is 56.5. The number of piperazine rings is 1. The van der Waals surface area contributed by atoms with Gasteiger partial charge in [-0.05, 0) is 62.2 Å². The number of carboxylic acids is 1. The maximum absolute atomic E-state index is 14.8. The molecule has 2 atom stereocenters. The van der Waals surface area contributed by atoms with Gasteiger partial charge in [-0.2, -0.15) is 4.39 Å². The Morgan fingerprint density at radius 1 is 1.12 bits per heavy atom. The second-order valence-electron chi connectivity index (χ2n) is 11.7. The minimum Gasteiger partial charge on any atom is -0.494 e. The van der Waals surface area contributed by atoms with Crippen molar-refractivity contribution in [3.8, 4) is 17.0 Å². The molecule has 4 heterocycles. The van der Waals surface area contributed by atoms with Crippen molar-refractivity contribution in [3.63, 3.8) is 0 Å². The number of aromatic nitrogens is 3. The van der Waals surface area contributed by atoms with Gasteiger partial charge in [0.15, 0.2) is 23.0 Å². The minimum atomic E-state index is -1.18. The number of nitrogens with two attached hydrogens (primary N) is 1. The first kappa shape index (κ1) is 39.1. The number of amides is 2. The van der Waals surface area contributed by atoms with Gasteiger partial charge in [-0.3, -0.25) is 23.6 Å². The third kappa shape index (κ3) is 8.95. The molecule has 2 aliphatic rings. The molecule has 0 saturated carbocycles. The van der Waals surface area contributed by atoms with Gasteiger partial charge in [0.25, 0.3) is 12.4 Å². The quantitative estimate of drug-likeness (QED) is 0.143. The maximum Gasteiger partial charge on any atom is 0.322 e. The first-order chi connectivity index (χ1) is 24.9. The van der Waals surface area contributed by atoms with Crippen molar-refractivity contribution >= 4 is 41.4 Å². The predicted molar refractivity (Wildman–Crippen MR) is 184 cm³/mol. The van der Waals surface area contributed by atoms with E-state index in [1.807, 2.05) is 17.9 Å². The third-order valence-corrected chi connectivity index (χ3v) is 8.44. The lowest BCUT2D eigenvalue weighted by Crippen LogP contribution is -2.54. The molecule has 16 nitrogen and oxygen atoms in total. The van der Waals surface area contributed by atoms with Crippen LogP contribution in [0.25, 0.3) is 16.9 Å². The number of imidazole rings is 1. The van der Waals surface area contributed by atoms with Gasteiger partial charge in [0.2, 0.25) is 11.7 Å². The van der Waals surface area contributed by atoms with E-state index in [-0.39, 0.29) is 35.6 Å². The lowest BCUT2D eigenvalue weighted by atomic mass is 10.1. The number of carbonyl (C=O) groups excluding carboxylic acids is 2. The Hall–Kier alpha value is -5.72. The van der Waals surface area contributed by atoms with Crippen molar-refractivity contribution in [1.82, 2.24) is 29.5 Å². The summed E-state index contributed by atoms with van der Waals surface area (Å²) in [6.07, 6.45) is 6.49. The lowest BCUT2D eigenvalue weighted by Gasteiger charge is -2.36. The zero-order valence-corrected chi connectivity index (χ0v) is 28.5. The molecule has 7 N–H and O–H groups in total. The first-order valence-corrected chi connectivity index (χ1v) is 16.2. The molecular weight excluding hydrogens is 686 g/mol. The van der Waals surface area contributed by atoms with E-state index in [4.69, 9.17) is 30.6 Å². The van der Waals surface area contributed by atoms with Crippen LogP contribution >= 0.6 is 0 Å². The van der Waals surface area contributed by atoms with Crippen molar-refractivity contribution in [3.05, 3.63) is 71.7 Å². The summed E-state index contributed by atoms with van der Waals surface area (Å²) in [6.45, 7) is 4.01. The van der Waals surface area contributed by atoms with E-state index in [0.29, 0.717) is 54.6 Å². The molecule has 52 heavy (non-hydrogen) atoms. The Morgan fingerprint density at radius 2 is 1.81 bits per heavy atom. The number of nitrogens with one attached hydrogen (secondary N) is 2. The van der Waals surface area contributed by atoms with Crippen LogP contribution in [0.5, 0.6) is 5.75 Å². The number of carbonyl (C=O) groups is 4. The number of hydrogen-bond donors (Lipinski definition) is 6. The Kier molecular flexibility index (Phi) is 13.5. The Morgan fingerprint density at radius 3 is 2.38 bits per heavy atom. The second kappa shape index (κ2) is 18.0. The molecule has 2 aliphatic heterocycles. The van der Waals surface area contributed by atoms with E-state index in [9.17, 15) is 23.2 Å². The number of aliphatic hydroxyl groups excluding tert-OH is 1. The van der Waals surface area contributed by atoms with E-state index < -0.39 is 30.3 Å². The highest BCUT2D eigenvalue weighted by atomic mass is 19.2. The van der Waals surface area contributed by atoms with Crippen LogP contribution < -0.4 is 21.1 Å². The van der Waals surface area contributed by atoms with Gasteiger partial charge in [0.05, 0.1) is 31.6 Å². The highest BCUT2D eigenvalue weighted by Gasteiger charge is 2.31. The number of carboxylic acid groups (broad SMARTS) is 2. The van der Waals surface area contributed by atoms with Gasteiger partial charge in [-0.25, -0.2) is 14.4 Å². The molecule has 0 radical (unpaired) electrons. The molecule has 0 aliphatic carbocycles. The number of anilines is 2. The van der Waals surface area contributed by atoms with Crippen molar-refractivity contribution in [1.29, 1.82) is 0 Å². The molecule has 0 unspecified atom stereocenters. The fourth-order valence-electron chi connectivity index (χ4n) is 5.71. The topological polar surface area (TPSA) is 225 Å². The van der Waals surface area contributed by atoms with Gasteiger partial charge in [-0.1, -0.05) is 0 Å². The number of benzene rings is 2. The monoisotopic (exact) mass is 726 g/mol. The molecule has 0 spiro atoms. The number of aryl methyl sites for hydroxylation is 1. The summed E-state index contributed by atoms with van der Waals surface area (Å²) in [5.74, 6) is -2.99. The fraction of sp³-hybridized carbons (Fsp3) is 0.353. The zero-order chi connectivity index (χ0) is 37.9. The van der Waals surface area contributed by atoms with Gasteiger partial charge < -0.3 is 46.2 Å². The molecule has 2 aromatic carbocycles.